The van der Waals surface area contributed by atoms with Gasteiger partial charge in [-0.1, -0.05) is 0 Å². The Morgan fingerprint density at radius 3 is 2.91 bits per heavy atom. The third-order valence-electron chi connectivity index (χ3n) is 5.42. The van der Waals surface area contributed by atoms with Crippen LogP contribution in [0.3, 0.4) is 0 Å². The van der Waals surface area contributed by atoms with Crippen LogP contribution < -0.4 is 0 Å². The Labute approximate surface area is 132 Å². The molecule has 3 aliphatic heterocycles. The van der Waals surface area contributed by atoms with E-state index >= 15 is 0 Å². The van der Waals surface area contributed by atoms with Crippen LogP contribution in [0.4, 0.5) is 0 Å². The van der Waals surface area contributed by atoms with E-state index in [1.807, 2.05) is 19.2 Å². The summed E-state index contributed by atoms with van der Waals surface area (Å²) >= 11 is 0. The molecule has 0 spiro atoms. The summed E-state index contributed by atoms with van der Waals surface area (Å²) in [5.74, 6) is 1.52. The van der Waals surface area contributed by atoms with E-state index < -0.39 is 0 Å². The molecule has 120 valence electrons. The van der Waals surface area contributed by atoms with Crippen LogP contribution in [0.1, 0.15) is 43.3 Å². The summed E-state index contributed by atoms with van der Waals surface area (Å²) in [6, 6.07) is 2.70. The first kappa shape index (κ1) is 14.5. The van der Waals surface area contributed by atoms with Gasteiger partial charge in [-0.15, -0.1) is 0 Å². The molecule has 0 radical (unpaired) electrons. The second-order valence-electron chi connectivity index (χ2n) is 6.81. The van der Waals surface area contributed by atoms with Gasteiger partial charge >= 0.3 is 0 Å². The highest BCUT2D eigenvalue weighted by atomic mass is 16.5. The lowest BCUT2D eigenvalue weighted by molar-refractivity contribution is -0.0389. The summed E-state index contributed by atoms with van der Waals surface area (Å²) in [7, 11) is 0. The molecule has 0 unspecified atom stereocenters. The molecule has 5 heteroatoms. The van der Waals surface area contributed by atoms with Gasteiger partial charge in [0.05, 0.1) is 11.8 Å². The van der Waals surface area contributed by atoms with Crippen molar-refractivity contribution in [1.29, 1.82) is 0 Å². The molecular weight excluding hydrogens is 278 g/mol. The van der Waals surface area contributed by atoms with Gasteiger partial charge in [-0.2, -0.15) is 0 Å². The molecular formula is C17H25N3O2. The van der Waals surface area contributed by atoms with Crippen LogP contribution in [0.15, 0.2) is 12.3 Å². The normalized spacial score (nSPS) is 33.8. The number of piperidine rings is 1. The molecule has 3 atom stereocenters. The Balaban J connectivity index is 1.41. The van der Waals surface area contributed by atoms with E-state index in [0.29, 0.717) is 18.1 Å². The summed E-state index contributed by atoms with van der Waals surface area (Å²) in [5.41, 5.74) is 1.06. The van der Waals surface area contributed by atoms with Crippen LogP contribution in [-0.4, -0.2) is 53.3 Å². The van der Waals surface area contributed by atoms with Gasteiger partial charge in [-0.3, -0.25) is 4.90 Å². The number of hydrogen-bond donors (Lipinski definition) is 0. The van der Waals surface area contributed by atoms with E-state index in [2.05, 4.69) is 14.9 Å². The van der Waals surface area contributed by atoms with Crippen LogP contribution in [0.5, 0.6) is 0 Å². The van der Waals surface area contributed by atoms with Gasteiger partial charge in [0.1, 0.15) is 11.9 Å². The number of aromatic nitrogens is 2. The molecule has 22 heavy (non-hydrogen) atoms. The summed E-state index contributed by atoms with van der Waals surface area (Å²) in [4.78, 5) is 11.4. The average molecular weight is 303 g/mol. The highest BCUT2D eigenvalue weighted by molar-refractivity contribution is 5.08. The molecule has 4 rings (SSSR count). The molecule has 3 aliphatic rings. The molecule has 0 aliphatic carbocycles. The van der Waals surface area contributed by atoms with Crippen molar-refractivity contribution >= 4 is 0 Å². The maximum absolute atomic E-state index is 6.36. The Kier molecular flexibility index (Phi) is 4.11. The van der Waals surface area contributed by atoms with E-state index in [1.54, 1.807) is 0 Å². The Hall–Kier alpha value is -1.04. The number of aryl methyl sites for hydroxylation is 1. The molecule has 0 amide bonds. The topological polar surface area (TPSA) is 47.5 Å². The summed E-state index contributed by atoms with van der Waals surface area (Å²) in [6.45, 7) is 6.07. The van der Waals surface area contributed by atoms with Crippen molar-refractivity contribution in [3.05, 3.63) is 23.8 Å². The summed E-state index contributed by atoms with van der Waals surface area (Å²) < 4.78 is 11.9. The second-order valence-corrected chi connectivity index (χ2v) is 6.81. The molecule has 0 bridgehead atoms. The molecule has 3 saturated heterocycles. The van der Waals surface area contributed by atoms with Crippen molar-refractivity contribution in [2.24, 2.45) is 5.92 Å². The predicted octanol–water partition coefficient (Wildman–Crippen LogP) is 2.12. The van der Waals surface area contributed by atoms with Crippen LogP contribution in [-0.2, 0) is 9.47 Å². The fourth-order valence-electron chi connectivity index (χ4n) is 4.18. The first-order chi connectivity index (χ1) is 10.8. The molecule has 0 saturated carbocycles. The second kappa shape index (κ2) is 6.22. The van der Waals surface area contributed by atoms with Gasteiger partial charge < -0.3 is 9.47 Å². The molecule has 0 N–H and O–H groups in total. The first-order valence-electron chi connectivity index (χ1n) is 8.56. The van der Waals surface area contributed by atoms with Crippen LogP contribution in [0.25, 0.3) is 0 Å². The number of hydrogen-bond acceptors (Lipinski definition) is 5. The van der Waals surface area contributed by atoms with Crippen LogP contribution >= 0.6 is 0 Å². The third-order valence-corrected chi connectivity index (χ3v) is 5.42. The molecule has 1 aromatic rings. The van der Waals surface area contributed by atoms with Crippen molar-refractivity contribution in [3.8, 4) is 0 Å². The van der Waals surface area contributed by atoms with Gasteiger partial charge in [0.2, 0.25) is 0 Å². The predicted molar refractivity (Wildman–Crippen MR) is 82.5 cm³/mol. The SMILES string of the molecule is Cc1nccc([C@@H]2C[C@H]3CCN(C4CCOCC4)C[C@@H]3O2)n1. The molecule has 1 aromatic heterocycles. The smallest absolute Gasteiger partial charge is 0.125 e. The van der Waals surface area contributed by atoms with Crippen molar-refractivity contribution < 1.29 is 9.47 Å². The zero-order valence-electron chi connectivity index (χ0n) is 13.3. The zero-order chi connectivity index (χ0) is 14.9. The first-order valence-corrected chi connectivity index (χ1v) is 8.56. The maximum atomic E-state index is 6.36. The summed E-state index contributed by atoms with van der Waals surface area (Å²) in [6.07, 6.45) is 7.09. The number of rotatable bonds is 2. The van der Waals surface area contributed by atoms with E-state index in [4.69, 9.17) is 9.47 Å². The van der Waals surface area contributed by atoms with E-state index in [0.717, 1.165) is 37.7 Å². The fourth-order valence-corrected chi connectivity index (χ4v) is 4.18. The van der Waals surface area contributed by atoms with E-state index in [-0.39, 0.29) is 6.10 Å². The summed E-state index contributed by atoms with van der Waals surface area (Å²) in [5, 5.41) is 0. The van der Waals surface area contributed by atoms with Crippen molar-refractivity contribution in [1.82, 2.24) is 14.9 Å². The van der Waals surface area contributed by atoms with Gasteiger partial charge in [-0.25, -0.2) is 9.97 Å². The van der Waals surface area contributed by atoms with Crippen LogP contribution in [0, 0.1) is 12.8 Å². The minimum absolute atomic E-state index is 0.159. The van der Waals surface area contributed by atoms with Gasteiger partial charge in [-0.05, 0) is 51.1 Å². The number of nitrogens with zero attached hydrogens (tertiary/aromatic N) is 3. The van der Waals surface area contributed by atoms with Crippen molar-refractivity contribution in [3.63, 3.8) is 0 Å². The molecule has 5 nitrogen and oxygen atoms in total. The lowest BCUT2D eigenvalue weighted by atomic mass is 9.89. The van der Waals surface area contributed by atoms with Crippen LogP contribution in [0.2, 0.25) is 0 Å². The lowest BCUT2D eigenvalue weighted by Crippen LogP contribution is -2.49. The van der Waals surface area contributed by atoms with Gasteiger partial charge in [0.15, 0.2) is 0 Å². The number of ether oxygens (including phenoxy) is 2. The molecule has 4 heterocycles. The molecule has 0 aromatic carbocycles. The van der Waals surface area contributed by atoms with Gasteiger partial charge in [0.25, 0.3) is 0 Å². The number of fused-ring (bicyclic) bond motifs is 1. The van der Waals surface area contributed by atoms with Crippen molar-refractivity contribution in [2.75, 3.05) is 26.3 Å². The van der Waals surface area contributed by atoms with E-state index in [9.17, 15) is 0 Å². The quantitative estimate of drug-likeness (QED) is 0.837. The minimum Gasteiger partial charge on any atom is -0.381 e. The Morgan fingerprint density at radius 1 is 1.23 bits per heavy atom. The lowest BCUT2D eigenvalue weighted by Gasteiger charge is -2.40. The maximum Gasteiger partial charge on any atom is 0.125 e. The van der Waals surface area contributed by atoms with Gasteiger partial charge in [0, 0.05) is 32.0 Å². The fraction of sp³-hybridized carbons (Fsp3) is 0.765. The zero-order valence-corrected chi connectivity index (χ0v) is 13.3. The minimum atomic E-state index is 0.159. The van der Waals surface area contributed by atoms with Crippen molar-refractivity contribution in [2.45, 2.75) is 50.9 Å². The Morgan fingerprint density at radius 2 is 2.09 bits per heavy atom. The third kappa shape index (κ3) is 2.90. The Bertz CT molecular complexity index is 518. The monoisotopic (exact) mass is 303 g/mol. The molecule has 3 fully saturated rings. The highest BCUT2D eigenvalue weighted by Crippen LogP contribution is 2.41. The largest absolute Gasteiger partial charge is 0.381 e. The average Bonchev–Trinajstić information content (AvgIpc) is 2.99. The highest BCUT2D eigenvalue weighted by Gasteiger charge is 2.41. The standard InChI is InChI=1S/C17H25N3O2/c1-12-18-6-2-15(19-12)16-10-13-3-7-20(11-17(13)22-16)14-4-8-21-9-5-14/h2,6,13-14,16-17H,3-5,7-11H2,1H3/t13-,16+,17+/m1/s1. The number of likely N-dealkylation sites (tertiary alicyclic amines) is 1. The van der Waals surface area contributed by atoms with E-state index in [1.165, 1.54) is 25.8 Å².